The van der Waals surface area contributed by atoms with Crippen LogP contribution in [0.4, 0.5) is 13.2 Å². The first-order valence-electron chi connectivity index (χ1n) is 4.94. The Hall–Kier alpha value is -1.90. The topological polar surface area (TPSA) is 69.2 Å². The summed E-state index contributed by atoms with van der Waals surface area (Å²) in [4.78, 5) is 7.78. The fraction of sp³-hybridized carbons (Fsp3) is 0.200. The Morgan fingerprint density at radius 2 is 2.00 bits per heavy atom. The molecular formula is C10H7F3N2O3S. The highest BCUT2D eigenvalue weighted by Gasteiger charge is 2.48. The molecule has 2 aromatic rings. The van der Waals surface area contributed by atoms with Gasteiger partial charge in [0.25, 0.3) is 0 Å². The van der Waals surface area contributed by atoms with E-state index < -0.39 is 21.4 Å². The van der Waals surface area contributed by atoms with Gasteiger partial charge in [-0.05, 0) is 19.1 Å². The third-order valence-corrected chi connectivity index (χ3v) is 3.11. The second kappa shape index (κ2) is 4.34. The number of aromatic nitrogens is 2. The van der Waals surface area contributed by atoms with Crippen molar-refractivity contribution in [3.05, 3.63) is 30.1 Å². The van der Waals surface area contributed by atoms with Crippen LogP contribution in [0.1, 0.15) is 5.69 Å². The number of pyridine rings is 2. The Morgan fingerprint density at radius 1 is 1.32 bits per heavy atom. The molecule has 0 amide bonds. The number of hydrogen-bond acceptors (Lipinski definition) is 5. The molecule has 0 N–H and O–H groups in total. The summed E-state index contributed by atoms with van der Waals surface area (Å²) < 4.78 is 62.9. The van der Waals surface area contributed by atoms with Crippen molar-refractivity contribution in [1.82, 2.24) is 9.97 Å². The maximum Gasteiger partial charge on any atom is 0.534 e. The molecule has 0 bridgehead atoms. The van der Waals surface area contributed by atoms with E-state index in [4.69, 9.17) is 0 Å². The first-order valence-corrected chi connectivity index (χ1v) is 6.35. The molecule has 19 heavy (non-hydrogen) atoms. The highest BCUT2D eigenvalue weighted by molar-refractivity contribution is 7.88. The van der Waals surface area contributed by atoms with Gasteiger partial charge >= 0.3 is 15.6 Å². The molecular weight excluding hydrogens is 285 g/mol. The van der Waals surface area contributed by atoms with Crippen molar-refractivity contribution in [3.8, 4) is 5.75 Å². The molecule has 0 unspecified atom stereocenters. The minimum absolute atomic E-state index is 0.0547. The van der Waals surface area contributed by atoms with Gasteiger partial charge in [0.05, 0.1) is 5.52 Å². The summed E-state index contributed by atoms with van der Waals surface area (Å²) >= 11 is 0. The monoisotopic (exact) mass is 292 g/mol. The van der Waals surface area contributed by atoms with Crippen LogP contribution in [0.3, 0.4) is 0 Å². The standard InChI is InChI=1S/C10H7F3N2O3S/c1-6-5-8(18-19(16,17)10(11,12)13)9-7(15-6)3-2-4-14-9/h2-5H,1H3. The van der Waals surface area contributed by atoms with E-state index in [1.807, 2.05) is 0 Å². The predicted molar refractivity (Wildman–Crippen MR) is 59.9 cm³/mol. The average molecular weight is 292 g/mol. The lowest BCUT2D eigenvalue weighted by molar-refractivity contribution is -0.0499. The lowest BCUT2D eigenvalue weighted by atomic mass is 10.2. The van der Waals surface area contributed by atoms with Crippen molar-refractivity contribution in [1.29, 1.82) is 0 Å². The van der Waals surface area contributed by atoms with Gasteiger partial charge in [-0.1, -0.05) is 0 Å². The number of rotatable bonds is 2. The van der Waals surface area contributed by atoms with E-state index in [2.05, 4.69) is 14.2 Å². The molecule has 5 nitrogen and oxygen atoms in total. The van der Waals surface area contributed by atoms with Gasteiger partial charge < -0.3 is 4.18 Å². The second-order valence-electron chi connectivity index (χ2n) is 3.62. The minimum Gasteiger partial charge on any atom is -0.374 e. The maximum atomic E-state index is 12.3. The van der Waals surface area contributed by atoms with Crippen LogP contribution in [0.5, 0.6) is 5.75 Å². The number of hydrogen-bond donors (Lipinski definition) is 0. The van der Waals surface area contributed by atoms with Gasteiger partial charge in [-0.25, -0.2) is 0 Å². The summed E-state index contributed by atoms with van der Waals surface area (Å²) in [6.45, 7) is 1.50. The molecule has 0 fully saturated rings. The molecule has 2 aromatic heterocycles. The number of fused-ring (bicyclic) bond motifs is 1. The molecule has 2 rings (SSSR count). The molecule has 102 valence electrons. The van der Waals surface area contributed by atoms with Gasteiger partial charge in [0.15, 0.2) is 5.75 Å². The second-order valence-corrected chi connectivity index (χ2v) is 5.15. The summed E-state index contributed by atoms with van der Waals surface area (Å²) in [5.41, 5.74) is -4.99. The molecule has 0 spiro atoms. The van der Waals surface area contributed by atoms with Gasteiger partial charge in [-0.2, -0.15) is 21.6 Å². The molecule has 9 heteroatoms. The van der Waals surface area contributed by atoms with Gasteiger partial charge in [0, 0.05) is 18.0 Å². The summed E-state index contributed by atoms with van der Waals surface area (Å²) in [6, 6.07) is 4.10. The molecule has 0 saturated carbocycles. The first kappa shape index (κ1) is 13.5. The molecule has 0 radical (unpaired) electrons. The van der Waals surface area contributed by atoms with E-state index in [9.17, 15) is 21.6 Å². The Morgan fingerprint density at radius 3 is 2.63 bits per heavy atom. The Kier molecular flexibility index (Phi) is 3.09. The van der Waals surface area contributed by atoms with Crippen molar-refractivity contribution >= 4 is 21.2 Å². The van der Waals surface area contributed by atoms with Gasteiger partial charge in [-0.15, -0.1) is 0 Å². The Bertz CT molecular complexity index is 728. The minimum atomic E-state index is -5.73. The molecule has 0 saturated heterocycles. The average Bonchev–Trinajstić information content (AvgIpc) is 2.26. The largest absolute Gasteiger partial charge is 0.534 e. The zero-order valence-corrected chi connectivity index (χ0v) is 10.3. The SMILES string of the molecule is Cc1cc(OS(=O)(=O)C(F)(F)F)c2ncccc2n1. The van der Waals surface area contributed by atoms with Gasteiger partial charge in [0.1, 0.15) is 5.52 Å². The third kappa shape index (κ3) is 2.60. The van der Waals surface area contributed by atoms with Crippen molar-refractivity contribution in [2.75, 3.05) is 0 Å². The normalized spacial score (nSPS) is 12.6. The van der Waals surface area contributed by atoms with Crippen LogP contribution in [0.15, 0.2) is 24.4 Å². The van der Waals surface area contributed by atoms with Crippen molar-refractivity contribution in [2.45, 2.75) is 12.4 Å². The molecule has 0 aliphatic rings. The van der Waals surface area contributed by atoms with Crippen LogP contribution in [0, 0.1) is 6.92 Å². The zero-order chi connectivity index (χ0) is 14.3. The fourth-order valence-electron chi connectivity index (χ4n) is 1.39. The summed E-state index contributed by atoms with van der Waals surface area (Å²) in [6.07, 6.45) is 1.30. The van der Waals surface area contributed by atoms with Crippen LogP contribution in [-0.4, -0.2) is 23.9 Å². The van der Waals surface area contributed by atoms with E-state index in [1.165, 1.54) is 25.3 Å². The Labute approximate surface area is 106 Å². The van der Waals surface area contributed by atoms with Crippen LogP contribution in [-0.2, 0) is 10.1 Å². The van der Waals surface area contributed by atoms with Crippen LogP contribution in [0.2, 0.25) is 0 Å². The lowest BCUT2D eigenvalue weighted by Crippen LogP contribution is -2.28. The smallest absolute Gasteiger partial charge is 0.374 e. The van der Waals surface area contributed by atoms with Crippen LogP contribution < -0.4 is 4.18 Å². The molecule has 0 aromatic carbocycles. The predicted octanol–water partition coefficient (Wildman–Crippen LogP) is 2.17. The first-order chi connectivity index (χ1) is 8.71. The number of halogens is 3. The van der Waals surface area contributed by atoms with Crippen molar-refractivity contribution in [2.24, 2.45) is 0 Å². The fourth-order valence-corrected chi connectivity index (χ4v) is 1.84. The molecule has 0 aliphatic carbocycles. The van der Waals surface area contributed by atoms with E-state index in [0.29, 0.717) is 5.69 Å². The van der Waals surface area contributed by atoms with E-state index in [1.54, 1.807) is 0 Å². The summed E-state index contributed by atoms with van der Waals surface area (Å²) in [5, 5.41) is 0. The zero-order valence-electron chi connectivity index (χ0n) is 9.47. The number of nitrogens with zero attached hydrogens (tertiary/aromatic N) is 2. The number of aryl methyl sites for hydroxylation is 1. The van der Waals surface area contributed by atoms with E-state index in [-0.39, 0.29) is 11.0 Å². The molecule has 0 atom stereocenters. The summed E-state index contributed by atoms with van der Waals surface area (Å²) in [7, 11) is -5.73. The van der Waals surface area contributed by atoms with Crippen molar-refractivity contribution in [3.63, 3.8) is 0 Å². The highest BCUT2D eigenvalue weighted by atomic mass is 32.2. The number of alkyl halides is 3. The summed E-state index contributed by atoms with van der Waals surface area (Å²) in [5.74, 6) is -0.500. The van der Waals surface area contributed by atoms with E-state index in [0.717, 1.165) is 6.07 Å². The molecule has 0 aliphatic heterocycles. The third-order valence-electron chi connectivity index (χ3n) is 2.14. The van der Waals surface area contributed by atoms with Crippen LogP contribution in [0.25, 0.3) is 11.0 Å². The van der Waals surface area contributed by atoms with Crippen LogP contribution >= 0.6 is 0 Å². The van der Waals surface area contributed by atoms with Gasteiger partial charge in [0.2, 0.25) is 0 Å². The van der Waals surface area contributed by atoms with Gasteiger partial charge in [-0.3, -0.25) is 9.97 Å². The quantitative estimate of drug-likeness (QED) is 0.626. The Balaban J connectivity index is 2.58. The highest BCUT2D eigenvalue weighted by Crippen LogP contribution is 2.30. The molecule has 2 heterocycles. The lowest BCUT2D eigenvalue weighted by Gasteiger charge is -2.11. The maximum absolute atomic E-state index is 12.3. The van der Waals surface area contributed by atoms with Crippen molar-refractivity contribution < 1.29 is 25.8 Å². The van der Waals surface area contributed by atoms with E-state index >= 15 is 0 Å².